The summed E-state index contributed by atoms with van der Waals surface area (Å²) in [7, 11) is -0.362. The topological polar surface area (TPSA) is 48.7 Å². The van der Waals surface area contributed by atoms with Crippen LogP contribution in [0.2, 0.25) is 0 Å². The second kappa shape index (κ2) is 3.80. The van der Waals surface area contributed by atoms with E-state index in [0.29, 0.717) is 0 Å². The van der Waals surface area contributed by atoms with Gasteiger partial charge in [-0.2, -0.15) is 5.10 Å². The number of fused-ring (bicyclic) bond motifs is 1. The van der Waals surface area contributed by atoms with Crippen molar-refractivity contribution in [3.05, 3.63) is 24.2 Å². The minimum absolute atomic E-state index is 0.328. The van der Waals surface area contributed by atoms with E-state index in [9.17, 15) is 0 Å². The number of aromatic nitrogens is 3. The smallest absolute Gasteiger partial charge is 0.399 e. The van der Waals surface area contributed by atoms with Crippen molar-refractivity contribution in [2.24, 2.45) is 0 Å². The fourth-order valence-corrected chi connectivity index (χ4v) is 2.13. The summed E-state index contributed by atoms with van der Waals surface area (Å²) in [6, 6.07) is 3.91. The van der Waals surface area contributed by atoms with E-state index in [1.165, 1.54) is 0 Å². The maximum absolute atomic E-state index is 6.02. The normalized spacial score (nSPS) is 21.2. The third kappa shape index (κ3) is 1.95. The summed E-state index contributed by atoms with van der Waals surface area (Å²) in [4.78, 5) is 4.31. The number of nitrogens with zero attached hydrogens (tertiary/aromatic N) is 3. The molecule has 1 aliphatic heterocycles. The average Bonchev–Trinajstić information content (AvgIpc) is 2.74. The Kier molecular flexibility index (Phi) is 2.53. The van der Waals surface area contributed by atoms with Crippen molar-refractivity contribution in [1.82, 2.24) is 14.6 Å². The van der Waals surface area contributed by atoms with Gasteiger partial charge in [0, 0.05) is 11.7 Å². The molecule has 19 heavy (non-hydrogen) atoms. The quantitative estimate of drug-likeness (QED) is 0.725. The Morgan fingerprint density at radius 2 is 1.74 bits per heavy atom. The molecular formula is C13H18BN3O2. The van der Waals surface area contributed by atoms with Gasteiger partial charge in [-0.3, -0.25) is 0 Å². The molecule has 0 N–H and O–H groups in total. The van der Waals surface area contributed by atoms with Gasteiger partial charge in [0.05, 0.1) is 11.2 Å². The van der Waals surface area contributed by atoms with Crippen LogP contribution in [0.15, 0.2) is 18.3 Å². The first-order chi connectivity index (χ1) is 8.78. The molecule has 6 heteroatoms. The monoisotopic (exact) mass is 259 g/mol. The van der Waals surface area contributed by atoms with Gasteiger partial charge < -0.3 is 9.31 Å². The van der Waals surface area contributed by atoms with E-state index in [1.54, 1.807) is 4.52 Å². The molecule has 1 fully saturated rings. The van der Waals surface area contributed by atoms with Gasteiger partial charge in [-0.05, 0) is 40.7 Å². The molecule has 3 rings (SSSR count). The first-order valence-corrected chi connectivity index (χ1v) is 6.47. The molecule has 2 aromatic heterocycles. The standard InChI is InChI=1S/C13H18BN3O2/c1-9-15-11-7-6-10(8-17(11)16-9)14-18-12(2,3)13(4,5)19-14/h6-8H,1-5H3. The summed E-state index contributed by atoms with van der Waals surface area (Å²) in [5.41, 5.74) is 1.13. The van der Waals surface area contributed by atoms with Crippen LogP contribution in [0.1, 0.15) is 33.5 Å². The minimum atomic E-state index is -0.362. The molecule has 0 unspecified atom stereocenters. The Bertz CT molecular complexity index is 620. The van der Waals surface area contributed by atoms with E-state index in [2.05, 4.69) is 10.1 Å². The molecule has 0 aromatic carbocycles. The molecule has 0 saturated carbocycles. The Morgan fingerprint density at radius 3 is 2.37 bits per heavy atom. The summed E-state index contributed by atoms with van der Waals surface area (Å²) in [5.74, 6) is 0.756. The lowest BCUT2D eigenvalue weighted by Crippen LogP contribution is -2.41. The van der Waals surface area contributed by atoms with Gasteiger partial charge in [0.1, 0.15) is 5.82 Å². The number of hydrogen-bond acceptors (Lipinski definition) is 4. The zero-order valence-electron chi connectivity index (χ0n) is 12.0. The maximum Gasteiger partial charge on any atom is 0.496 e. The van der Waals surface area contributed by atoms with Crippen LogP contribution < -0.4 is 5.46 Å². The van der Waals surface area contributed by atoms with E-state index < -0.39 is 0 Å². The highest BCUT2D eigenvalue weighted by atomic mass is 16.7. The molecule has 1 saturated heterocycles. The molecule has 0 aliphatic carbocycles. The van der Waals surface area contributed by atoms with Crippen molar-refractivity contribution >= 4 is 18.2 Å². The fourth-order valence-electron chi connectivity index (χ4n) is 2.13. The lowest BCUT2D eigenvalue weighted by atomic mass is 9.80. The molecule has 3 heterocycles. The highest BCUT2D eigenvalue weighted by Crippen LogP contribution is 2.36. The fraction of sp³-hybridized carbons (Fsp3) is 0.538. The van der Waals surface area contributed by atoms with Gasteiger partial charge in [-0.15, -0.1) is 0 Å². The van der Waals surface area contributed by atoms with E-state index in [0.717, 1.165) is 16.9 Å². The predicted octanol–water partition coefficient (Wildman–Crippen LogP) is 1.34. The van der Waals surface area contributed by atoms with E-state index in [1.807, 2.05) is 52.9 Å². The zero-order valence-corrected chi connectivity index (χ0v) is 12.0. The van der Waals surface area contributed by atoms with Crippen molar-refractivity contribution in [3.8, 4) is 0 Å². The van der Waals surface area contributed by atoms with Gasteiger partial charge in [-0.25, -0.2) is 9.50 Å². The average molecular weight is 259 g/mol. The molecule has 0 amide bonds. The van der Waals surface area contributed by atoms with Crippen molar-refractivity contribution < 1.29 is 9.31 Å². The largest absolute Gasteiger partial charge is 0.496 e. The number of aryl methyl sites for hydroxylation is 1. The SMILES string of the molecule is Cc1nc2ccc(B3OC(C)(C)C(C)(C)O3)cn2n1. The van der Waals surface area contributed by atoms with Crippen molar-refractivity contribution in [2.75, 3.05) is 0 Å². The van der Waals surface area contributed by atoms with Crippen LogP contribution in [0.25, 0.3) is 5.65 Å². The summed E-state index contributed by atoms with van der Waals surface area (Å²) < 4.78 is 13.8. The molecule has 0 radical (unpaired) electrons. The molecule has 0 bridgehead atoms. The molecule has 0 atom stereocenters. The van der Waals surface area contributed by atoms with Crippen molar-refractivity contribution in [3.63, 3.8) is 0 Å². The summed E-state index contributed by atoms with van der Waals surface area (Å²) in [6.45, 7) is 10.1. The first-order valence-electron chi connectivity index (χ1n) is 6.47. The summed E-state index contributed by atoms with van der Waals surface area (Å²) >= 11 is 0. The van der Waals surface area contributed by atoms with Gasteiger partial charge in [-0.1, -0.05) is 6.07 Å². The molecule has 2 aromatic rings. The van der Waals surface area contributed by atoms with Crippen LogP contribution in [0.4, 0.5) is 0 Å². The second-order valence-corrected chi connectivity index (χ2v) is 6.01. The van der Waals surface area contributed by atoms with Crippen LogP contribution in [0, 0.1) is 6.92 Å². The van der Waals surface area contributed by atoms with Gasteiger partial charge in [0.25, 0.3) is 0 Å². The lowest BCUT2D eigenvalue weighted by molar-refractivity contribution is 0.00578. The number of pyridine rings is 1. The first kappa shape index (κ1) is 12.6. The van der Waals surface area contributed by atoms with Crippen LogP contribution in [0.5, 0.6) is 0 Å². The highest BCUT2D eigenvalue weighted by molar-refractivity contribution is 6.62. The van der Waals surface area contributed by atoms with E-state index >= 15 is 0 Å². The Morgan fingerprint density at radius 1 is 1.11 bits per heavy atom. The Hall–Kier alpha value is -1.40. The van der Waals surface area contributed by atoms with Crippen LogP contribution >= 0.6 is 0 Å². The summed E-state index contributed by atoms with van der Waals surface area (Å²) in [5, 5.41) is 4.31. The van der Waals surface area contributed by atoms with Crippen molar-refractivity contribution in [1.29, 1.82) is 0 Å². The second-order valence-electron chi connectivity index (χ2n) is 6.01. The van der Waals surface area contributed by atoms with E-state index in [4.69, 9.17) is 9.31 Å². The van der Waals surface area contributed by atoms with Crippen LogP contribution in [-0.2, 0) is 9.31 Å². The number of rotatable bonds is 1. The molecule has 5 nitrogen and oxygen atoms in total. The highest BCUT2D eigenvalue weighted by Gasteiger charge is 2.51. The van der Waals surface area contributed by atoms with Crippen molar-refractivity contribution in [2.45, 2.75) is 45.8 Å². The molecule has 1 aliphatic rings. The molecular weight excluding hydrogens is 241 g/mol. The number of hydrogen-bond donors (Lipinski definition) is 0. The third-order valence-electron chi connectivity index (χ3n) is 3.99. The lowest BCUT2D eigenvalue weighted by Gasteiger charge is -2.32. The Labute approximate surface area is 113 Å². The zero-order chi connectivity index (χ0) is 13.8. The van der Waals surface area contributed by atoms with Crippen LogP contribution in [-0.4, -0.2) is 32.9 Å². The van der Waals surface area contributed by atoms with E-state index in [-0.39, 0.29) is 18.3 Å². The van der Waals surface area contributed by atoms with Gasteiger partial charge in [0.15, 0.2) is 5.65 Å². The van der Waals surface area contributed by atoms with Gasteiger partial charge in [0.2, 0.25) is 0 Å². The van der Waals surface area contributed by atoms with Gasteiger partial charge >= 0.3 is 7.12 Å². The molecule has 100 valence electrons. The molecule has 0 spiro atoms. The maximum atomic E-state index is 6.02. The summed E-state index contributed by atoms with van der Waals surface area (Å²) in [6.07, 6.45) is 1.91. The van der Waals surface area contributed by atoms with Crippen LogP contribution in [0.3, 0.4) is 0 Å². The predicted molar refractivity (Wildman–Crippen MR) is 73.4 cm³/mol. The third-order valence-corrected chi connectivity index (χ3v) is 3.99. The Balaban J connectivity index is 1.97. The minimum Gasteiger partial charge on any atom is -0.399 e.